The number of aliphatic imine (C=N–C) groups is 1. The molecule has 1 aromatic rings. The Balaban J connectivity index is 2.45. The molecule has 0 spiro atoms. The van der Waals surface area contributed by atoms with Crippen LogP contribution < -0.4 is 9.47 Å². The SMILES string of the molecule is COc1cc2c(cc1OC)C(CCN(C)C)=NC(C)(C)C2. The van der Waals surface area contributed by atoms with Gasteiger partial charge < -0.3 is 14.4 Å². The molecular weight excluding hydrogens is 264 g/mol. The summed E-state index contributed by atoms with van der Waals surface area (Å²) in [7, 11) is 7.53. The van der Waals surface area contributed by atoms with Crippen molar-refractivity contribution in [2.24, 2.45) is 4.99 Å². The zero-order chi connectivity index (χ0) is 15.6. The molecule has 0 amide bonds. The summed E-state index contributed by atoms with van der Waals surface area (Å²) in [4.78, 5) is 7.14. The van der Waals surface area contributed by atoms with E-state index < -0.39 is 0 Å². The first-order valence-corrected chi connectivity index (χ1v) is 7.35. The minimum absolute atomic E-state index is 0.0613. The van der Waals surface area contributed by atoms with Gasteiger partial charge in [-0.25, -0.2) is 0 Å². The smallest absolute Gasteiger partial charge is 0.161 e. The Morgan fingerprint density at radius 1 is 1.14 bits per heavy atom. The number of fused-ring (bicyclic) bond motifs is 1. The van der Waals surface area contributed by atoms with Crippen LogP contribution in [0.2, 0.25) is 0 Å². The molecule has 0 unspecified atom stereocenters. The predicted octanol–water partition coefficient (Wildman–Crippen LogP) is 2.78. The van der Waals surface area contributed by atoms with Crippen LogP contribution >= 0.6 is 0 Å². The van der Waals surface area contributed by atoms with Gasteiger partial charge in [-0.05, 0) is 52.1 Å². The summed E-state index contributed by atoms with van der Waals surface area (Å²) in [6.07, 6.45) is 1.87. The molecule has 0 radical (unpaired) electrons. The van der Waals surface area contributed by atoms with Crippen molar-refractivity contribution in [1.29, 1.82) is 0 Å². The predicted molar refractivity (Wildman–Crippen MR) is 87.0 cm³/mol. The number of hydrogen-bond acceptors (Lipinski definition) is 4. The first kappa shape index (κ1) is 15.8. The fourth-order valence-corrected chi connectivity index (χ4v) is 2.79. The van der Waals surface area contributed by atoms with Crippen molar-refractivity contribution in [3.05, 3.63) is 23.3 Å². The van der Waals surface area contributed by atoms with E-state index in [1.807, 2.05) is 0 Å². The molecule has 4 nitrogen and oxygen atoms in total. The lowest BCUT2D eigenvalue weighted by molar-refractivity contribution is 0.353. The van der Waals surface area contributed by atoms with E-state index in [-0.39, 0.29) is 5.54 Å². The van der Waals surface area contributed by atoms with Crippen LogP contribution in [-0.2, 0) is 6.42 Å². The fraction of sp³-hybridized carbons (Fsp3) is 0.588. The molecule has 0 bridgehead atoms. The van der Waals surface area contributed by atoms with Gasteiger partial charge in [-0.2, -0.15) is 0 Å². The number of methoxy groups -OCH3 is 2. The van der Waals surface area contributed by atoms with E-state index >= 15 is 0 Å². The molecule has 0 N–H and O–H groups in total. The molecule has 4 heteroatoms. The third-order valence-electron chi connectivity index (χ3n) is 3.78. The average Bonchev–Trinajstić information content (AvgIpc) is 2.42. The van der Waals surface area contributed by atoms with Gasteiger partial charge in [0.15, 0.2) is 11.5 Å². The summed E-state index contributed by atoms with van der Waals surface area (Å²) >= 11 is 0. The van der Waals surface area contributed by atoms with Crippen molar-refractivity contribution in [1.82, 2.24) is 4.90 Å². The summed E-state index contributed by atoms with van der Waals surface area (Å²) in [6, 6.07) is 4.16. The Morgan fingerprint density at radius 3 is 2.33 bits per heavy atom. The highest BCUT2D eigenvalue weighted by Crippen LogP contribution is 2.36. The van der Waals surface area contributed by atoms with Crippen molar-refractivity contribution in [3.63, 3.8) is 0 Å². The molecule has 21 heavy (non-hydrogen) atoms. The zero-order valence-electron chi connectivity index (χ0n) is 14.0. The molecule has 0 aliphatic carbocycles. The molecule has 0 saturated heterocycles. The largest absolute Gasteiger partial charge is 0.493 e. The molecule has 1 aromatic carbocycles. The van der Waals surface area contributed by atoms with E-state index in [1.54, 1.807) is 14.2 Å². The first-order chi connectivity index (χ1) is 9.86. The van der Waals surface area contributed by atoms with Crippen LogP contribution in [0.5, 0.6) is 11.5 Å². The van der Waals surface area contributed by atoms with Crippen LogP contribution in [0.25, 0.3) is 0 Å². The lowest BCUT2D eigenvalue weighted by atomic mass is 9.85. The van der Waals surface area contributed by atoms with Crippen LogP contribution in [0.1, 0.15) is 31.4 Å². The first-order valence-electron chi connectivity index (χ1n) is 7.35. The maximum Gasteiger partial charge on any atom is 0.161 e. The van der Waals surface area contributed by atoms with E-state index in [2.05, 4.69) is 45.0 Å². The van der Waals surface area contributed by atoms with E-state index in [9.17, 15) is 0 Å². The van der Waals surface area contributed by atoms with Gasteiger partial charge in [0.1, 0.15) is 0 Å². The van der Waals surface area contributed by atoms with Crippen molar-refractivity contribution in [3.8, 4) is 11.5 Å². The Morgan fingerprint density at radius 2 is 1.76 bits per heavy atom. The van der Waals surface area contributed by atoms with Crippen LogP contribution in [-0.4, -0.2) is 51.0 Å². The molecule has 2 rings (SSSR count). The standard InChI is InChI=1S/C17H26N2O2/c1-17(2)11-12-9-15(20-5)16(21-6)10-13(12)14(18-17)7-8-19(3)4/h9-10H,7-8,11H2,1-6H3. The van der Waals surface area contributed by atoms with Crippen LogP contribution in [0, 0.1) is 0 Å². The molecule has 1 aliphatic rings. The normalized spacial score (nSPS) is 16.4. The molecule has 1 heterocycles. The van der Waals surface area contributed by atoms with Crippen molar-refractivity contribution in [2.45, 2.75) is 32.2 Å². The highest BCUT2D eigenvalue weighted by atomic mass is 16.5. The van der Waals surface area contributed by atoms with Crippen molar-refractivity contribution < 1.29 is 9.47 Å². The highest BCUT2D eigenvalue weighted by Gasteiger charge is 2.28. The van der Waals surface area contributed by atoms with Crippen molar-refractivity contribution in [2.75, 3.05) is 34.9 Å². The monoisotopic (exact) mass is 290 g/mol. The molecule has 1 aliphatic heterocycles. The maximum atomic E-state index is 5.44. The van der Waals surface area contributed by atoms with E-state index in [0.717, 1.165) is 36.6 Å². The molecule has 0 fully saturated rings. The Labute approximate surface area is 127 Å². The third kappa shape index (κ3) is 3.56. The summed E-state index contributed by atoms with van der Waals surface area (Å²) in [5.41, 5.74) is 3.60. The minimum atomic E-state index is -0.0613. The zero-order valence-corrected chi connectivity index (χ0v) is 14.0. The summed E-state index contributed by atoms with van der Waals surface area (Å²) in [5.74, 6) is 1.56. The number of rotatable bonds is 5. The van der Waals surface area contributed by atoms with Crippen LogP contribution in [0.15, 0.2) is 17.1 Å². The molecule has 0 saturated carbocycles. The van der Waals surface area contributed by atoms with Crippen LogP contribution in [0.3, 0.4) is 0 Å². The van der Waals surface area contributed by atoms with E-state index in [0.29, 0.717) is 0 Å². The summed E-state index contributed by atoms with van der Waals surface area (Å²) < 4.78 is 10.9. The second-order valence-electron chi connectivity index (χ2n) is 6.47. The van der Waals surface area contributed by atoms with Gasteiger partial charge in [0.05, 0.1) is 19.8 Å². The molecular formula is C17H26N2O2. The number of hydrogen-bond donors (Lipinski definition) is 0. The van der Waals surface area contributed by atoms with E-state index in [4.69, 9.17) is 14.5 Å². The average molecular weight is 290 g/mol. The van der Waals surface area contributed by atoms with Gasteiger partial charge in [-0.15, -0.1) is 0 Å². The van der Waals surface area contributed by atoms with Gasteiger partial charge in [-0.1, -0.05) is 0 Å². The lowest BCUT2D eigenvalue weighted by Gasteiger charge is -2.30. The number of ether oxygens (including phenoxy) is 2. The number of nitrogens with zero attached hydrogens (tertiary/aromatic N) is 2. The fourth-order valence-electron chi connectivity index (χ4n) is 2.79. The quantitative estimate of drug-likeness (QED) is 0.836. The lowest BCUT2D eigenvalue weighted by Crippen LogP contribution is -2.30. The summed E-state index contributed by atoms with van der Waals surface area (Å²) in [6.45, 7) is 5.35. The van der Waals surface area contributed by atoms with Crippen molar-refractivity contribution >= 4 is 5.71 Å². The molecule has 116 valence electrons. The second-order valence-corrected chi connectivity index (χ2v) is 6.47. The molecule has 0 atom stereocenters. The number of benzene rings is 1. The Bertz CT molecular complexity index is 548. The Hall–Kier alpha value is -1.55. The Kier molecular flexibility index (Phi) is 4.57. The van der Waals surface area contributed by atoms with Gasteiger partial charge in [-0.3, -0.25) is 4.99 Å². The maximum absolute atomic E-state index is 5.44. The van der Waals surface area contributed by atoms with Gasteiger partial charge in [0.25, 0.3) is 0 Å². The summed E-state index contributed by atoms with van der Waals surface area (Å²) in [5, 5.41) is 0. The van der Waals surface area contributed by atoms with Crippen LogP contribution in [0.4, 0.5) is 0 Å². The van der Waals surface area contributed by atoms with E-state index in [1.165, 1.54) is 11.1 Å². The molecule has 0 aromatic heterocycles. The minimum Gasteiger partial charge on any atom is -0.493 e. The highest BCUT2D eigenvalue weighted by molar-refractivity contribution is 6.03. The van der Waals surface area contributed by atoms with Gasteiger partial charge in [0, 0.05) is 24.2 Å². The third-order valence-corrected chi connectivity index (χ3v) is 3.78. The van der Waals surface area contributed by atoms with Gasteiger partial charge >= 0.3 is 0 Å². The topological polar surface area (TPSA) is 34.1 Å². The second kappa shape index (κ2) is 6.06. The van der Waals surface area contributed by atoms with Gasteiger partial charge in [0.2, 0.25) is 0 Å².